The van der Waals surface area contributed by atoms with E-state index in [0.29, 0.717) is 57.3 Å². The first kappa shape index (κ1) is 63.5. The quantitative estimate of drug-likeness (QED) is 0.0860. The zero-order chi connectivity index (χ0) is 63.7. The van der Waals surface area contributed by atoms with Gasteiger partial charge in [-0.15, -0.1) is 0 Å². The summed E-state index contributed by atoms with van der Waals surface area (Å²) in [7, 11) is -8.36. The average Bonchev–Trinajstić information content (AvgIpc) is 0.864. The highest BCUT2D eigenvalue weighted by Gasteiger charge is 2.36. The monoisotopic (exact) mass is 1260 g/mol. The maximum Gasteiger partial charge on any atom is 0.416 e. The normalized spacial score (nSPS) is 15.2. The van der Waals surface area contributed by atoms with Gasteiger partial charge in [-0.2, -0.15) is 26.3 Å². The molecule has 0 saturated heterocycles. The number of aromatic nitrogens is 4. The Kier molecular flexibility index (Phi) is 17.8. The summed E-state index contributed by atoms with van der Waals surface area (Å²) in [5.41, 5.74) is 1.22. The Hall–Kier alpha value is -9.04. The molecular weight excluding hydrogens is 1200 g/mol. The highest BCUT2D eigenvalue weighted by molar-refractivity contribution is 7.93. The van der Waals surface area contributed by atoms with Crippen molar-refractivity contribution in [2.75, 3.05) is 22.7 Å². The van der Waals surface area contributed by atoms with Crippen LogP contribution in [0.25, 0.3) is 22.3 Å². The van der Waals surface area contributed by atoms with Crippen molar-refractivity contribution in [1.82, 2.24) is 19.9 Å². The van der Waals surface area contributed by atoms with Crippen molar-refractivity contribution < 1.29 is 80.5 Å². The van der Waals surface area contributed by atoms with Crippen molar-refractivity contribution in [1.29, 1.82) is 0 Å². The van der Waals surface area contributed by atoms with Crippen molar-refractivity contribution in [3.63, 3.8) is 0 Å². The third-order valence-electron chi connectivity index (χ3n) is 13.5. The second-order valence-corrected chi connectivity index (χ2v) is 25.6. The van der Waals surface area contributed by atoms with E-state index in [9.17, 15) is 61.5 Å². The summed E-state index contributed by atoms with van der Waals surface area (Å²) in [5, 5.41) is 0. The molecule has 460 valence electrons. The maximum atomic E-state index is 13.8. The molecule has 16 nitrogen and oxygen atoms in total. The number of fused-ring (bicyclic) bond motifs is 2. The number of benzene rings is 6. The highest BCUT2D eigenvalue weighted by atomic mass is 32.2. The van der Waals surface area contributed by atoms with Crippen LogP contribution >= 0.6 is 0 Å². The third kappa shape index (κ3) is 15.2. The van der Waals surface area contributed by atoms with Crippen LogP contribution in [-0.2, 0) is 41.9 Å². The van der Waals surface area contributed by atoms with Gasteiger partial charge in [0.05, 0.1) is 70.0 Å². The van der Waals surface area contributed by atoms with Crippen LogP contribution in [0.5, 0.6) is 11.5 Å². The predicted molar refractivity (Wildman–Crippen MR) is 306 cm³/mol. The van der Waals surface area contributed by atoms with E-state index >= 15 is 0 Å². The molecule has 0 bridgehead atoms. The topological polar surface area (TPSA) is 215 Å². The molecule has 0 saturated carbocycles. The molecule has 4 heterocycles. The number of anilines is 2. The molecule has 0 aliphatic carbocycles. The van der Waals surface area contributed by atoms with Crippen LogP contribution in [0, 0.1) is 11.6 Å². The van der Waals surface area contributed by atoms with Crippen LogP contribution < -0.4 is 18.9 Å². The number of esters is 2. The average molecular weight is 1260 g/mol. The third-order valence-corrected chi connectivity index (χ3v) is 16.2. The molecule has 2 aliphatic rings. The molecule has 26 heteroatoms. The van der Waals surface area contributed by atoms with Crippen molar-refractivity contribution in [3.05, 3.63) is 202 Å². The van der Waals surface area contributed by atoms with Crippen LogP contribution in [0.15, 0.2) is 156 Å². The van der Waals surface area contributed by atoms with Crippen molar-refractivity contribution in [3.8, 4) is 33.8 Å². The Morgan fingerprint density at radius 1 is 0.477 bits per heavy atom. The maximum absolute atomic E-state index is 13.8. The first-order chi connectivity index (χ1) is 41.2. The summed E-state index contributed by atoms with van der Waals surface area (Å²) < 4.78 is 188. The van der Waals surface area contributed by atoms with Crippen molar-refractivity contribution in [2.24, 2.45) is 0 Å². The minimum Gasteiger partial charge on any atom is -0.493 e. The van der Waals surface area contributed by atoms with Gasteiger partial charge in [-0.05, 0) is 148 Å². The number of carbonyl (C=O) groups is 2. The zero-order valence-electron chi connectivity index (χ0n) is 47.6. The van der Waals surface area contributed by atoms with Gasteiger partial charge in [0.15, 0.2) is 11.6 Å². The van der Waals surface area contributed by atoms with E-state index in [1.807, 2.05) is 0 Å². The van der Waals surface area contributed by atoms with Crippen molar-refractivity contribution in [2.45, 2.75) is 99.6 Å². The smallest absolute Gasteiger partial charge is 0.416 e. The van der Waals surface area contributed by atoms with Crippen molar-refractivity contribution >= 4 is 43.9 Å². The van der Waals surface area contributed by atoms with Gasteiger partial charge in [0.25, 0.3) is 20.0 Å². The fourth-order valence-corrected chi connectivity index (χ4v) is 11.6. The van der Waals surface area contributed by atoms with E-state index in [1.165, 1.54) is 60.7 Å². The Morgan fingerprint density at radius 3 is 1.12 bits per heavy atom. The fraction of sp³-hybridized carbons (Fsp3) is 0.258. The van der Waals surface area contributed by atoms with Gasteiger partial charge in [-0.1, -0.05) is 48.5 Å². The summed E-state index contributed by atoms with van der Waals surface area (Å²) in [6.07, 6.45) is -5.10. The first-order valence-corrected chi connectivity index (χ1v) is 29.8. The standard InChI is InChI=1S/2C31H27F4N3O5S/c2*1-30(2,3)43-28(39)19-6-4-18(5-7-19)26-14-20(31(33,34)35)8-10-23(26)24-12-13-42-27-15-22(9-11-25(24)27)44(40,41)38-29-36-16-21(32)17-37-29/h2*4-11,14-17,24H,12-13H2,1-3H3,(H,36,37,38)/t2*24-/m10/s1. The minimum absolute atomic E-state index is 0.171. The number of halogens is 8. The van der Waals surface area contributed by atoms with Gasteiger partial charge in [-0.3, -0.25) is 0 Å². The van der Waals surface area contributed by atoms with E-state index in [0.717, 1.165) is 49.1 Å². The summed E-state index contributed by atoms with van der Waals surface area (Å²) >= 11 is 0. The van der Waals surface area contributed by atoms with Gasteiger partial charge < -0.3 is 18.9 Å². The van der Waals surface area contributed by atoms with E-state index in [2.05, 4.69) is 29.4 Å². The Balaban J connectivity index is 0.000000209. The Bertz CT molecular complexity index is 3880. The molecule has 2 N–H and O–H groups in total. The second-order valence-electron chi connectivity index (χ2n) is 22.2. The molecule has 88 heavy (non-hydrogen) atoms. The molecule has 6 aromatic carbocycles. The molecule has 0 radical (unpaired) electrons. The SMILES string of the molecule is CC(C)(C)OC(=O)c1ccc(-c2cc(C(F)(F)F)ccc2[C@@H]2CCOc3cc(S(=O)(=O)Nc4ncc(F)cn4)ccc32)cc1.CC(C)(C)OC(=O)c1ccc(-c2cc(C(F)(F)F)ccc2[C@H]2CCOc3cc(S(=O)(=O)Nc4ncc(F)cn4)ccc32)cc1. The number of hydrogen-bond donors (Lipinski definition) is 2. The predicted octanol–water partition coefficient (Wildman–Crippen LogP) is 13.9. The first-order valence-electron chi connectivity index (χ1n) is 26.9. The van der Waals surface area contributed by atoms with Gasteiger partial charge >= 0.3 is 24.3 Å². The van der Waals surface area contributed by atoms with Gasteiger partial charge in [-0.25, -0.2) is 64.6 Å². The molecular formula is C62H54F8N6O10S2. The number of hydrogen-bond acceptors (Lipinski definition) is 14. The van der Waals surface area contributed by atoms with E-state index in [1.54, 1.807) is 77.9 Å². The number of nitrogens with one attached hydrogen (secondary N) is 2. The van der Waals surface area contributed by atoms with Gasteiger partial charge in [0.1, 0.15) is 22.7 Å². The highest BCUT2D eigenvalue weighted by Crippen LogP contribution is 2.47. The summed E-state index contributed by atoms with van der Waals surface area (Å²) in [5.74, 6) is -3.62. The summed E-state index contributed by atoms with van der Waals surface area (Å²) in [6.45, 7) is 10.7. The van der Waals surface area contributed by atoms with Crippen LogP contribution in [-0.4, -0.2) is 73.1 Å². The summed E-state index contributed by atoms with van der Waals surface area (Å²) in [4.78, 5) is 39.1. The second kappa shape index (κ2) is 24.6. The number of alkyl halides is 6. The summed E-state index contributed by atoms with van der Waals surface area (Å²) in [6, 6.07) is 27.6. The lowest BCUT2D eigenvalue weighted by atomic mass is 9.82. The number of carbonyl (C=O) groups excluding carboxylic acids is 2. The zero-order valence-corrected chi connectivity index (χ0v) is 49.2. The Labute approximate surface area is 500 Å². The molecule has 0 spiro atoms. The lowest BCUT2D eigenvalue weighted by Gasteiger charge is -2.29. The van der Waals surface area contributed by atoms with E-state index in [-0.39, 0.29) is 57.5 Å². The number of nitrogens with zero attached hydrogens (tertiary/aromatic N) is 4. The molecule has 0 amide bonds. The molecule has 10 rings (SSSR count). The Morgan fingerprint density at radius 2 is 0.807 bits per heavy atom. The number of ether oxygens (including phenoxy) is 4. The lowest BCUT2D eigenvalue weighted by molar-refractivity contribution is -0.138. The molecule has 2 aromatic heterocycles. The fourth-order valence-electron chi connectivity index (χ4n) is 9.63. The molecule has 0 fully saturated rings. The number of sulfonamides is 2. The van der Waals surface area contributed by atoms with Crippen LogP contribution in [0.1, 0.15) is 120 Å². The van der Waals surface area contributed by atoms with Crippen LogP contribution in [0.3, 0.4) is 0 Å². The van der Waals surface area contributed by atoms with E-state index < -0.39 is 90.1 Å². The van der Waals surface area contributed by atoms with Crippen LogP contribution in [0.4, 0.5) is 47.0 Å². The van der Waals surface area contributed by atoms with Gasteiger partial charge in [0.2, 0.25) is 11.9 Å². The van der Waals surface area contributed by atoms with Crippen LogP contribution in [0.2, 0.25) is 0 Å². The minimum atomic E-state index is -4.60. The van der Waals surface area contributed by atoms with Gasteiger partial charge in [0, 0.05) is 35.1 Å². The molecule has 2 aliphatic heterocycles. The molecule has 8 aromatic rings. The van der Waals surface area contributed by atoms with E-state index in [4.69, 9.17) is 18.9 Å². The number of rotatable bonds is 12. The largest absolute Gasteiger partial charge is 0.493 e. The molecule has 2 atom stereocenters. The lowest BCUT2D eigenvalue weighted by Crippen LogP contribution is -2.23. The molecule has 0 unspecified atom stereocenters.